The predicted molar refractivity (Wildman–Crippen MR) is 203 cm³/mol. The number of benzene rings is 3. The summed E-state index contributed by atoms with van der Waals surface area (Å²) in [6.07, 6.45) is 9.33. The molecule has 0 saturated carbocycles. The van der Waals surface area contributed by atoms with Crippen LogP contribution in [0.15, 0.2) is 97.1 Å². The Balaban J connectivity index is 1.58. The van der Waals surface area contributed by atoms with Gasteiger partial charge in [0.1, 0.15) is 12.1 Å². The molecule has 8 nitrogen and oxygen atoms in total. The van der Waals surface area contributed by atoms with Gasteiger partial charge in [0.15, 0.2) is 0 Å². The van der Waals surface area contributed by atoms with Gasteiger partial charge in [-0.2, -0.15) is 0 Å². The number of amides is 3. The summed E-state index contributed by atoms with van der Waals surface area (Å²) in [5.74, 6) is -0.760. The Hall–Kier alpha value is -4.27. The Morgan fingerprint density at radius 2 is 1.44 bits per heavy atom. The lowest BCUT2D eigenvalue weighted by molar-refractivity contribution is -0.146. The van der Waals surface area contributed by atoms with Crippen LogP contribution in [0.1, 0.15) is 63.5 Å². The first-order valence-electron chi connectivity index (χ1n) is 18.2. The van der Waals surface area contributed by atoms with Crippen molar-refractivity contribution in [2.45, 2.75) is 88.9 Å². The molecule has 0 bridgehead atoms. The molecule has 0 aromatic heterocycles. The Morgan fingerprint density at radius 3 is 2.04 bits per heavy atom. The summed E-state index contributed by atoms with van der Waals surface area (Å²) in [6, 6.07) is 26.9. The van der Waals surface area contributed by atoms with Crippen LogP contribution < -0.4 is 11.1 Å². The first-order chi connectivity index (χ1) is 24.0. The number of likely N-dealkylation sites (tertiary alicyclic amines) is 1. The molecule has 50 heavy (non-hydrogen) atoms. The van der Waals surface area contributed by atoms with Crippen molar-refractivity contribution in [3.63, 3.8) is 0 Å². The van der Waals surface area contributed by atoms with E-state index >= 15 is 0 Å². The number of carbonyl (C=O) groups is 3. The third kappa shape index (κ3) is 10.6. The second-order valence-electron chi connectivity index (χ2n) is 13.9. The van der Waals surface area contributed by atoms with E-state index < -0.39 is 12.1 Å². The molecular weight excluding hydrogens is 622 g/mol. The van der Waals surface area contributed by atoms with Gasteiger partial charge in [-0.25, -0.2) is 0 Å². The van der Waals surface area contributed by atoms with Crippen molar-refractivity contribution in [3.8, 4) is 11.1 Å². The Kier molecular flexibility index (Phi) is 14.4. The van der Waals surface area contributed by atoms with E-state index in [4.69, 9.17) is 5.73 Å². The van der Waals surface area contributed by atoms with Gasteiger partial charge in [-0.1, -0.05) is 105 Å². The van der Waals surface area contributed by atoms with Crippen molar-refractivity contribution >= 4 is 17.7 Å². The maximum absolute atomic E-state index is 14.6. The van der Waals surface area contributed by atoms with Crippen LogP contribution in [0.4, 0.5) is 0 Å². The summed E-state index contributed by atoms with van der Waals surface area (Å²) in [6.45, 7) is 5.72. The molecular formula is C42H57N5O3. The largest absolute Gasteiger partial charge is 0.354 e. The van der Waals surface area contributed by atoms with Crippen LogP contribution in [0.3, 0.4) is 0 Å². The third-order valence-electron chi connectivity index (χ3n) is 10.6. The molecule has 1 fully saturated rings. The van der Waals surface area contributed by atoms with Gasteiger partial charge in [0.25, 0.3) is 0 Å². The van der Waals surface area contributed by atoms with E-state index in [0.29, 0.717) is 31.8 Å². The van der Waals surface area contributed by atoms with Crippen LogP contribution >= 0.6 is 0 Å². The SMILES string of the molecule is CCC(N)(CC)C/C=C/C(=O)N(C)[C@H](Cc1ccc(-c2ccccc2)cc1)C(=O)N(C)[C@H](Cc1ccccc1)C(=O)NCCC1CCCN1C. The first kappa shape index (κ1) is 38.5. The summed E-state index contributed by atoms with van der Waals surface area (Å²) in [5.41, 5.74) is 10.2. The molecule has 1 aliphatic heterocycles. The molecule has 1 heterocycles. The number of hydrogen-bond acceptors (Lipinski definition) is 5. The van der Waals surface area contributed by atoms with Crippen molar-refractivity contribution in [2.24, 2.45) is 5.73 Å². The fraction of sp³-hybridized carbons (Fsp3) is 0.452. The van der Waals surface area contributed by atoms with Gasteiger partial charge in [0.2, 0.25) is 17.7 Å². The van der Waals surface area contributed by atoms with Crippen LogP contribution in [-0.2, 0) is 27.2 Å². The number of hydrogen-bond donors (Lipinski definition) is 2. The molecule has 3 atom stereocenters. The highest BCUT2D eigenvalue weighted by atomic mass is 16.2. The lowest BCUT2D eigenvalue weighted by atomic mass is 9.90. The topological polar surface area (TPSA) is 99.0 Å². The zero-order valence-electron chi connectivity index (χ0n) is 30.7. The van der Waals surface area contributed by atoms with Gasteiger partial charge in [-0.3, -0.25) is 14.4 Å². The predicted octanol–water partition coefficient (Wildman–Crippen LogP) is 5.86. The molecule has 268 valence electrons. The summed E-state index contributed by atoms with van der Waals surface area (Å²) < 4.78 is 0. The summed E-state index contributed by atoms with van der Waals surface area (Å²) in [7, 11) is 5.48. The number of rotatable bonds is 17. The highest BCUT2D eigenvalue weighted by molar-refractivity contribution is 5.95. The molecule has 3 amide bonds. The second-order valence-corrected chi connectivity index (χ2v) is 13.9. The van der Waals surface area contributed by atoms with E-state index in [0.717, 1.165) is 54.5 Å². The molecule has 3 aromatic carbocycles. The Bertz CT molecular complexity index is 1540. The number of carbonyl (C=O) groups excluding carboxylic acids is 3. The zero-order valence-corrected chi connectivity index (χ0v) is 30.7. The average Bonchev–Trinajstić information content (AvgIpc) is 3.56. The average molecular weight is 680 g/mol. The number of likely N-dealkylation sites (N-methyl/N-ethyl adjacent to an activating group) is 2. The van der Waals surface area contributed by atoms with Crippen LogP contribution in [0.5, 0.6) is 0 Å². The molecule has 0 aliphatic carbocycles. The van der Waals surface area contributed by atoms with Crippen molar-refractivity contribution in [3.05, 3.63) is 108 Å². The van der Waals surface area contributed by atoms with Gasteiger partial charge in [0.05, 0.1) is 0 Å². The molecule has 3 N–H and O–H groups in total. The minimum atomic E-state index is -0.835. The lowest BCUT2D eigenvalue weighted by Gasteiger charge is -2.34. The fourth-order valence-electron chi connectivity index (χ4n) is 6.74. The van der Waals surface area contributed by atoms with Crippen LogP contribution in [0.25, 0.3) is 11.1 Å². The molecule has 3 aromatic rings. The molecule has 0 spiro atoms. The minimum absolute atomic E-state index is 0.191. The van der Waals surface area contributed by atoms with E-state index in [-0.39, 0.29) is 23.3 Å². The van der Waals surface area contributed by atoms with Crippen molar-refractivity contribution in [2.75, 3.05) is 34.2 Å². The van der Waals surface area contributed by atoms with E-state index in [1.54, 1.807) is 19.0 Å². The molecule has 1 unspecified atom stereocenters. The number of nitrogens with two attached hydrogens (primary N) is 1. The molecule has 4 rings (SSSR count). The minimum Gasteiger partial charge on any atom is -0.354 e. The van der Waals surface area contributed by atoms with Crippen LogP contribution in [-0.4, -0.2) is 90.3 Å². The maximum atomic E-state index is 14.6. The smallest absolute Gasteiger partial charge is 0.246 e. The van der Waals surface area contributed by atoms with Crippen molar-refractivity contribution in [1.29, 1.82) is 0 Å². The lowest BCUT2D eigenvalue weighted by Crippen LogP contribution is -2.56. The zero-order chi connectivity index (χ0) is 36.1. The maximum Gasteiger partial charge on any atom is 0.246 e. The second kappa shape index (κ2) is 18.6. The van der Waals surface area contributed by atoms with E-state index in [1.165, 1.54) is 17.4 Å². The number of nitrogens with one attached hydrogen (secondary N) is 1. The summed E-state index contributed by atoms with van der Waals surface area (Å²) in [4.78, 5) is 47.5. The Morgan fingerprint density at radius 1 is 0.860 bits per heavy atom. The van der Waals surface area contributed by atoms with Gasteiger partial charge in [0, 0.05) is 45.1 Å². The standard InChI is InChI=1S/C42H57N5O3/c1-6-42(43,7-2)27-14-21-39(48)46(4)38(31-33-22-24-35(25-23-33)34-18-12-9-13-19-34)41(50)47(5)37(30-32-16-10-8-11-17-32)40(49)44-28-26-36-20-15-29-45(36)3/h8-14,16-19,21-25,36-38H,6-7,15,20,26-31,43H2,1-5H3,(H,44,49)/b21-14+/t36?,37-,38-/m1/s1. The normalized spacial score (nSPS) is 16.2. The van der Waals surface area contributed by atoms with Gasteiger partial charge >= 0.3 is 0 Å². The van der Waals surface area contributed by atoms with E-state index in [9.17, 15) is 14.4 Å². The fourth-order valence-corrected chi connectivity index (χ4v) is 6.74. The molecule has 1 saturated heterocycles. The quantitative estimate of drug-likeness (QED) is 0.174. The van der Waals surface area contributed by atoms with Crippen molar-refractivity contribution in [1.82, 2.24) is 20.0 Å². The molecule has 1 aliphatic rings. The molecule has 8 heteroatoms. The Labute approximate surface area is 299 Å². The monoisotopic (exact) mass is 679 g/mol. The highest BCUT2D eigenvalue weighted by Crippen LogP contribution is 2.22. The van der Waals surface area contributed by atoms with E-state index in [1.807, 2.05) is 92.7 Å². The summed E-state index contributed by atoms with van der Waals surface area (Å²) >= 11 is 0. The number of nitrogens with zero attached hydrogens (tertiary/aromatic N) is 3. The van der Waals surface area contributed by atoms with Gasteiger partial charge in [-0.05, 0) is 80.4 Å². The van der Waals surface area contributed by atoms with Gasteiger partial charge in [-0.15, -0.1) is 0 Å². The first-order valence-corrected chi connectivity index (χ1v) is 18.2. The van der Waals surface area contributed by atoms with E-state index in [2.05, 4.69) is 29.4 Å². The summed E-state index contributed by atoms with van der Waals surface area (Å²) in [5, 5.41) is 3.14. The molecule has 0 radical (unpaired) electrons. The van der Waals surface area contributed by atoms with Crippen LogP contribution in [0.2, 0.25) is 0 Å². The van der Waals surface area contributed by atoms with Crippen molar-refractivity contribution < 1.29 is 14.4 Å². The highest BCUT2D eigenvalue weighted by Gasteiger charge is 2.35. The third-order valence-corrected chi connectivity index (χ3v) is 10.6. The van der Waals surface area contributed by atoms with Gasteiger partial charge < -0.3 is 25.8 Å². The van der Waals surface area contributed by atoms with Crippen LogP contribution in [0, 0.1) is 0 Å².